The number of aromatic nitrogens is 1. The van der Waals surface area contributed by atoms with E-state index in [-0.39, 0.29) is 6.10 Å². The maximum absolute atomic E-state index is 6.09. The van der Waals surface area contributed by atoms with E-state index >= 15 is 0 Å². The van der Waals surface area contributed by atoms with Crippen LogP contribution in [0.5, 0.6) is 0 Å². The molecule has 1 aromatic heterocycles. The van der Waals surface area contributed by atoms with Crippen LogP contribution in [0, 0.1) is 0 Å². The van der Waals surface area contributed by atoms with Gasteiger partial charge in [-0.2, -0.15) is 0 Å². The monoisotopic (exact) mass is 240 g/mol. The van der Waals surface area contributed by atoms with E-state index in [2.05, 4.69) is 17.3 Å². The van der Waals surface area contributed by atoms with Crippen molar-refractivity contribution in [2.45, 2.75) is 50.7 Å². The van der Waals surface area contributed by atoms with Crippen molar-refractivity contribution in [3.05, 3.63) is 16.1 Å². The zero-order chi connectivity index (χ0) is 11.5. The van der Waals surface area contributed by atoms with Crippen molar-refractivity contribution >= 4 is 11.3 Å². The first kappa shape index (κ1) is 12.0. The van der Waals surface area contributed by atoms with E-state index in [9.17, 15) is 0 Å². The molecule has 16 heavy (non-hydrogen) atoms. The molecule has 90 valence electrons. The molecule has 4 heteroatoms. The smallest absolute Gasteiger partial charge is 0.0954 e. The summed E-state index contributed by atoms with van der Waals surface area (Å²) in [5, 5.41) is 3.34. The Kier molecular flexibility index (Phi) is 3.95. The minimum atomic E-state index is 0.247. The molecule has 1 fully saturated rings. The summed E-state index contributed by atoms with van der Waals surface area (Å²) in [4.78, 5) is 4.69. The summed E-state index contributed by atoms with van der Waals surface area (Å²) in [6, 6.07) is 0.315. The molecule has 0 aliphatic heterocycles. The molecule has 1 heterocycles. The minimum Gasteiger partial charge on any atom is -0.381 e. The van der Waals surface area contributed by atoms with Crippen molar-refractivity contribution in [3.8, 4) is 0 Å². The molecule has 2 N–H and O–H groups in total. The third kappa shape index (κ3) is 2.62. The average molecular weight is 240 g/mol. The molecule has 3 nitrogen and oxygen atoms in total. The van der Waals surface area contributed by atoms with Gasteiger partial charge >= 0.3 is 0 Å². The Labute approximate surface area is 101 Å². The van der Waals surface area contributed by atoms with E-state index in [0.29, 0.717) is 12.0 Å². The number of ether oxygens (including phenoxy) is 1. The number of nitrogens with two attached hydrogens (primary N) is 1. The Morgan fingerprint density at radius 2 is 2.44 bits per heavy atom. The predicted octanol–water partition coefficient (Wildman–Crippen LogP) is 2.32. The second-order valence-electron chi connectivity index (χ2n) is 4.62. The highest BCUT2D eigenvalue weighted by molar-refractivity contribution is 7.09. The molecule has 0 bridgehead atoms. The topological polar surface area (TPSA) is 48.1 Å². The molecule has 0 amide bonds. The van der Waals surface area contributed by atoms with Gasteiger partial charge in [0.05, 0.1) is 16.8 Å². The van der Waals surface area contributed by atoms with Gasteiger partial charge in [0.15, 0.2) is 0 Å². The molecular weight excluding hydrogens is 220 g/mol. The summed E-state index contributed by atoms with van der Waals surface area (Å²) in [6.07, 6.45) is 4.74. The number of thiazole rings is 1. The maximum atomic E-state index is 6.09. The van der Waals surface area contributed by atoms with Gasteiger partial charge in [0.25, 0.3) is 0 Å². The van der Waals surface area contributed by atoms with Crippen LogP contribution in [-0.4, -0.2) is 24.2 Å². The van der Waals surface area contributed by atoms with Crippen LogP contribution in [0.15, 0.2) is 5.38 Å². The lowest BCUT2D eigenvalue weighted by atomic mass is 10.0. The highest BCUT2D eigenvalue weighted by Crippen LogP contribution is 2.33. The molecule has 0 aromatic carbocycles. The van der Waals surface area contributed by atoms with E-state index < -0.39 is 0 Å². The molecule has 1 saturated carbocycles. The lowest BCUT2D eigenvalue weighted by Crippen LogP contribution is -2.23. The van der Waals surface area contributed by atoms with E-state index in [1.165, 1.54) is 23.5 Å². The number of hydrogen-bond acceptors (Lipinski definition) is 4. The molecule has 2 rings (SSSR count). The van der Waals surface area contributed by atoms with Gasteiger partial charge in [-0.25, -0.2) is 4.98 Å². The summed E-state index contributed by atoms with van der Waals surface area (Å²) in [7, 11) is 1.74. The van der Waals surface area contributed by atoms with Gasteiger partial charge in [0, 0.05) is 30.9 Å². The molecule has 1 aromatic rings. The van der Waals surface area contributed by atoms with Crippen LogP contribution < -0.4 is 5.73 Å². The van der Waals surface area contributed by atoms with Gasteiger partial charge < -0.3 is 10.5 Å². The number of methoxy groups -OCH3 is 1. The van der Waals surface area contributed by atoms with Crippen LogP contribution in [0.2, 0.25) is 0 Å². The Morgan fingerprint density at radius 1 is 1.62 bits per heavy atom. The van der Waals surface area contributed by atoms with Gasteiger partial charge in [0.1, 0.15) is 0 Å². The van der Waals surface area contributed by atoms with Crippen LogP contribution in [0.1, 0.15) is 42.8 Å². The lowest BCUT2D eigenvalue weighted by molar-refractivity contribution is 0.118. The van der Waals surface area contributed by atoms with Gasteiger partial charge in [-0.3, -0.25) is 0 Å². The largest absolute Gasteiger partial charge is 0.381 e. The summed E-state index contributed by atoms with van der Waals surface area (Å²) in [5.41, 5.74) is 7.29. The zero-order valence-corrected chi connectivity index (χ0v) is 10.8. The van der Waals surface area contributed by atoms with Crippen LogP contribution in [0.25, 0.3) is 0 Å². The van der Waals surface area contributed by atoms with Gasteiger partial charge in [-0.1, -0.05) is 6.42 Å². The van der Waals surface area contributed by atoms with E-state index in [0.717, 1.165) is 12.8 Å². The third-order valence-electron chi connectivity index (χ3n) is 3.38. The highest BCUT2D eigenvalue weighted by atomic mass is 32.1. The van der Waals surface area contributed by atoms with Gasteiger partial charge in [-0.05, 0) is 19.8 Å². The summed E-state index contributed by atoms with van der Waals surface area (Å²) >= 11 is 1.74. The maximum Gasteiger partial charge on any atom is 0.0954 e. The fourth-order valence-electron chi connectivity index (χ4n) is 2.27. The first-order valence-corrected chi connectivity index (χ1v) is 6.81. The fourth-order valence-corrected chi connectivity index (χ4v) is 3.25. The normalized spacial score (nSPS) is 27.2. The number of hydrogen-bond donors (Lipinski definition) is 1. The second kappa shape index (κ2) is 5.25. The third-order valence-corrected chi connectivity index (χ3v) is 4.27. The van der Waals surface area contributed by atoms with Crippen molar-refractivity contribution in [1.29, 1.82) is 0 Å². The van der Waals surface area contributed by atoms with Crippen molar-refractivity contribution < 1.29 is 4.74 Å². The lowest BCUT2D eigenvalue weighted by Gasteiger charge is -2.12. The van der Waals surface area contributed by atoms with Crippen LogP contribution in [-0.2, 0) is 11.2 Å². The predicted molar refractivity (Wildman–Crippen MR) is 66.9 cm³/mol. The number of nitrogens with zero attached hydrogens (tertiary/aromatic N) is 1. The highest BCUT2D eigenvalue weighted by Gasteiger charge is 2.27. The quantitative estimate of drug-likeness (QED) is 0.878. The molecular formula is C12H20N2OS. The van der Waals surface area contributed by atoms with Crippen molar-refractivity contribution in [3.63, 3.8) is 0 Å². The van der Waals surface area contributed by atoms with E-state index in [1.807, 2.05) is 0 Å². The van der Waals surface area contributed by atoms with E-state index in [1.54, 1.807) is 18.4 Å². The molecule has 0 spiro atoms. The summed E-state index contributed by atoms with van der Waals surface area (Å²) in [5.74, 6) is 0.489. The second-order valence-corrected chi connectivity index (χ2v) is 5.56. The standard InChI is InChI=1S/C12H20N2OS/c1-8(15-2)6-12-14-11(7-16-12)9-4-3-5-10(9)13/h7-10H,3-6,13H2,1-2H3. The first-order valence-electron chi connectivity index (χ1n) is 5.93. The van der Waals surface area contributed by atoms with Crippen LogP contribution in [0.3, 0.4) is 0 Å². The molecule has 3 unspecified atom stereocenters. The molecule has 1 aliphatic rings. The Hall–Kier alpha value is -0.450. The molecule has 0 radical (unpaired) electrons. The van der Waals surface area contributed by atoms with Crippen LogP contribution in [0.4, 0.5) is 0 Å². The van der Waals surface area contributed by atoms with Gasteiger partial charge in [-0.15, -0.1) is 11.3 Å². The van der Waals surface area contributed by atoms with Crippen LogP contribution >= 0.6 is 11.3 Å². The summed E-state index contributed by atoms with van der Waals surface area (Å²) < 4.78 is 5.25. The minimum absolute atomic E-state index is 0.247. The van der Waals surface area contributed by atoms with Gasteiger partial charge in [0.2, 0.25) is 0 Å². The Bertz CT molecular complexity index is 340. The Morgan fingerprint density at radius 3 is 3.06 bits per heavy atom. The van der Waals surface area contributed by atoms with Crippen molar-refractivity contribution in [1.82, 2.24) is 4.98 Å². The first-order chi connectivity index (χ1) is 7.70. The summed E-state index contributed by atoms with van der Waals surface area (Å²) in [6.45, 7) is 2.07. The Balaban J connectivity index is 2.01. The molecule has 1 aliphatic carbocycles. The van der Waals surface area contributed by atoms with Crippen molar-refractivity contribution in [2.75, 3.05) is 7.11 Å². The SMILES string of the molecule is COC(C)Cc1nc(C2CCCC2N)cs1. The molecule has 0 saturated heterocycles. The van der Waals surface area contributed by atoms with E-state index in [4.69, 9.17) is 10.5 Å². The molecule has 3 atom stereocenters. The zero-order valence-electron chi connectivity index (χ0n) is 9.98. The number of rotatable bonds is 4. The average Bonchev–Trinajstić information content (AvgIpc) is 2.86. The fraction of sp³-hybridized carbons (Fsp3) is 0.750. The van der Waals surface area contributed by atoms with Crippen molar-refractivity contribution in [2.24, 2.45) is 5.73 Å².